The van der Waals surface area contributed by atoms with E-state index in [0.717, 1.165) is 13.1 Å². The van der Waals surface area contributed by atoms with Crippen LogP contribution in [0.3, 0.4) is 0 Å². The lowest BCUT2D eigenvalue weighted by molar-refractivity contribution is -0.152. The number of carbonyl (C=O) groups excluding carboxylic acids is 1. The first-order valence-electron chi connectivity index (χ1n) is 8.08. The number of hydrogen-bond donors (Lipinski definition) is 1. The van der Waals surface area contributed by atoms with Crippen LogP contribution in [0.15, 0.2) is 0 Å². The molecule has 0 aromatic carbocycles. The fraction of sp³-hybridized carbons (Fsp3) is 0.938. The molecule has 0 radical (unpaired) electrons. The van der Waals surface area contributed by atoms with Gasteiger partial charge in [-0.25, -0.2) is 0 Å². The average Bonchev–Trinajstić information content (AvgIpc) is 2.35. The number of hydrogen-bond acceptors (Lipinski definition) is 5. The van der Waals surface area contributed by atoms with Crippen molar-refractivity contribution in [2.75, 3.05) is 33.3 Å². The monoisotopic (exact) mass is 299 g/mol. The van der Waals surface area contributed by atoms with Crippen LogP contribution in [0.2, 0.25) is 0 Å². The van der Waals surface area contributed by atoms with Gasteiger partial charge in [0.25, 0.3) is 0 Å². The van der Waals surface area contributed by atoms with E-state index < -0.39 is 5.54 Å². The van der Waals surface area contributed by atoms with Gasteiger partial charge in [-0.15, -0.1) is 0 Å². The van der Waals surface area contributed by atoms with Gasteiger partial charge in [-0.3, -0.25) is 19.9 Å². The van der Waals surface area contributed by atoms with Crippen LogP contribution in [-0.4, -0.2) is 72.7 Å². The zero-order chi connectivity index (χ0) is 16.2. The van der Waals surface area contributed by atoms with Crippen LogP contribution in [0.5, 0.6) is 0 Å². The van der Waals surface area contributed by atoms with Gasteiger partial charge < -0.3 is 4.74 Å². The molecule has 1 fully saturated rings. The summed E-state index contributed by atoms with van der Waals surface area (Å²) in [7, 11) is 2.17. The lowest BCUT2D eigenvalue weighted by atomic mass is 9.98. The van der Waals surface area contributed by atoms with E-state index in [1.165, 1.54) is 0 Å². The Balaban J connectivity index is 2.79. The van der Waals surface area contributed by atoms with Crippen molar-refractivity contribution >= 4 is 5.97 Å². The van der Waals surface area contributed by atoms with E-state index in [0.29, 0.717) is 25.2 Å². The van der Waals surface area contributed by atoms with Gasteiger partial charge in [-0.05, 0) is 48.6 Å². The van der Waals surface area contributed by atoms with E-state index in [1.54, 1.807) is 0 Å². The summed E-state index contributed by atoms with van der Waals surface area (Å²) in [5, 5.41) is 3.40. The SMILES string of the molecule is CCOC(=O)C(C)(CN1CC(C)N(C)C(C)C1)NC(C)C. The highest BCUT2D eigenvalue weighted by atomic mass is 16.5. The molecule has 21 heavy (non-hydrogen) atoms. The van der Waals surface area contributed by atoms with Crippen LogP contribution >= 0.6 is 0 Å². The molecule has 1 heterocycles. The molecule has 124 valence electrons. The second-order valence-corrected chi connectivity index (χ2v) is 6.91. The summed E-state index contributed by atoms with van der Waals surface area (Å²) in [6, 6.07) is 1.24. The van der Waals surface area contributed by atoms with Crippen LogP contribution in [0.25, 0.3) is 0 Å². The van der Waals surface area contributed by atoms with Crippen LogP contribution in [0.1, 0.15) is 41.5 Å². The Bertz CT molecular complexity index is 336. The highest BCUT2D eigenvalue weighted by Crippen LogP contribution is 2.18. The molecular formula is C16H33N3O2. The van der Waals surface area contributed by atoms with Crippen molar-refractivity contribution in [3.05, 3.63) is 0 Å². The molecule has 0 aromatic heterocycles. The van der Waals surface area contributed by atoms with Crippen molar-refractivity contribution in [3.8, 4) is 0 Å². The third-order valence-electron chi connectivity index (χ3n) is 4.31. The number of nitrogens with zero attached hydrogens (tertiary/aromatic N) is 2. The maximum Gasteiger partial charge on any atom is 0.327 e. The molecule has 5 nitrogen and oxygen atoms in total. The van der Waals surface area contributed by atoms with Gasteiger partial charge in [0.1, 0.15) is 5.54 Å². The fourth-order valence-electron chi connectivity index (χ4n) is 3.19. The molecule has 0 spiro atoms. The van der Waals surface area contributed by atoms with Crippen molar-refractivity contribution in [3.63, 3.8) is 0 Å². The molecule has 0 bridgehead atoms. The molecule has 1 aliphatic rings. The number of ether oxygens (including phenoxy) is 1. The Morgan fingerprint density at radius 1 is 1.33 bits per heavy atom. The third kappa shape index (κ3) is 4.94. The van der Waals surface area contributed by atoms with Crippen molar-refractivity contribution in [2.24, 2.45) is 0 Å². The van der Waals surface area contributed by atoms with Crippen LogP contribution in [0, 0.1) is 0 Å². The summed E-state index contributed by atoms with van der Waals surface area (Å²) < 4.78 is 5.29. The van der Waals surface area contributed by atoms with Crippen molar-refractivity contribution in [1.29, 1.82) is 0 Å². The number of piperazine rings is 1. The minimum absolute atomic E-state index is 0.155. The average molecular weight is 299 g/mol. The van der Waals surface area contributed by atoms with E-state index in [-0.39, 0.29) is 12.0 Å². The molecule has 5 heteroatoms. The fourth-order valence-corrected chi connectivity index (χ4v) is 3.19. The quantitative estimate of drug-likeness (QED) is 0.750. The van der Waals surface area contributed by atoms with Gasteiger partial charge in [-0.1, -0.05) is 0 Å². The molecule has 1 N–H and O–H groups in total. The Labute approximate surface area is 130 Å². The van der Waals surface area contributed by atoms with Gasteiger partial charge >= 0.3 is 5.97 Å². The highest BCUT2D eigenvalue weighted by Gasteiger charge is 2.39. The van der Waals surface area contributed by atoms with Crippen LogP contribution in [0.4, 0.5) is 0 Å². The second-order valence-electron chi connectivity index (χ2n) is 6.91. The van der Waals surface area contributed by atoms with E-state index in [2.05, 4.69) is 49.9 Å². The lowest BCUT2D eigenvalue weighted by Gasteiger charge is -2.45. The maximum absolute atomic E-state index is 12.4. The van der Waals surface area contributed by atoms with Gasteiger partial charge in [0, 0.05) is 37.8 Å². The van der Waals surface area contributed by atoms with E-state index >= 15 is 0 Å². The Morgan fingerprint density at radius 2 is 1.86 bits per heavy atom. The first-order valence-corrected chi connectivity index (χ1v) is 8.08. The number of esters is 1. The second kappa shape index (κ2) is 7.56. The first-order chi connectivity index (χ1) is 9.69. The summed E-state index contributed by atoms with van der Waals surface area (Å²) in [6.07, 6.45) is 0. The molecule has 3 atom stereocenters. The summed E-state index contributed by atoms with van der Waals surface area (Å²) in [6.45, 7) is 15.5. The number of rotatable bonds is 6. The molecule has 1 saturated heterocycles. The van der Waals surface area contributed by atoms with Crippen LogP contribution in [-0.2, 0) is 9.53 Å². The van der Waals surface area contributed by atoms with Crippen molar-refractivity contribution < 1.29 is 9.53 Å². The highest BCUT2D eigenvalue weighted by molar-refractivity contribution is 5.80. The van der Waals surface area contributed by atoms with E-state index in [1.807, 2.05) is 13.8 Å². The normalized spacial score (nSPS) is 27.6. The third-order valence-corrected chi connectivity index (χ3v) is 4.31. The van der Waals surface area contributed by atoms with Gasteiger partial charge in [0.2, 0.25) is 0 Å². The van der Waals surface area contributed by atoms with Crippen LogP contribution < -0.4 is 5.32 Å². The van der Waals surface area contributed by atoms with Crippen molar-refractivity contribution in [1.82, 2.24) is 15.1 Å². The molecule has 3 unspecified atom stereocenters. The predicted molar refractivity (Wildman–Crippen MR) is 86.4 cm³/mol. The van der Waals surface area contributed by atoms with Gasteiger partial charge in [0.15, 0.2) is 0 Å². The zero-order valence-corrected chi connectivity index (χ0v) is 14.8. The first kappa shape index (κ1) is 18.4. The number of likely N-dealkylation sites (N-methyl/N-ethyl adjacent to an activating group) is 1. The van der Waals surface area contributed by atoms with Crippen molar-refractivity contribution in [2.45, 2.75) is 65.2 Å². The Morgan fingerprint density at radius 3 is 2.29 bits per heavy atom. The minimum atomic E-state index is -0.653. The Kier molecular flexibility index (Phi) is 6.63. The van der Waals surface area contributed by atoms with E-state index in [4.69, 9.17) is 4.74 Å². The summed E-state index contributed by atoms with van der Waals surface area (Å²) >= 11 is 0. The van der Waals surface area contributed by atoms with Gasteiger partial charge in [-0.2, -0.15) is 0 Å². The smallest absolute Gasteiger partial charge is 0.327 e. The topological polar surface area (TPSA) is 44.8 Å². The lowest BCUT2D eigenvalue weighted by Crippen LogP contribution is -2.63. The molecule has 0 saturated carbocycles. The van der Waals surface area contributed by atoms with E-state index in [9.17, 15) is 4.79 Å². The standard InChI is InChI=1S/C16H33N3O2/c1-8-21-15(20)16(6,17-12(2)3)11-19-9-13(4)18(7)14(5)10-19/h12-14,17H,8-11H2,1-7H3. The predicted octanol–water partition coefficient (Wildman–Crippen LogP) is 1.33. The Hall–Kier alpha value is -0.650. The molecule has 0 aliphatic carbocycles. The molecule has 1 rings (SSSR count). The summed E-state index contributed by atoms with van der Waals surface area (Å²) in [4.78, 5) is 17.2. The summed E-state index contributed by atoms with van der Waals surface area (Å²) in [5.41, 5.74) is -0.653. The van der Waals surface area contributed by atoms with Gasteiger partial charge in [0.05, 0.1) is 6.61 Å². The minimum Gasteiger partial charge on any atom is -0.465 e. The zero-order valence-electron chi connectivity index (χ0n) is 14.8. The molecule has 0 amide bonds. The summed E-state index contributed by atoms with van der Waals surface area (Å²) in [5.74, 6) is -0.155. The molecular weight excluding hydrogens is 266 g/mol. The maximum atomic E-state index is 12.4. The number of nitrogens with one attached hydrogen (secondary N) is 1. The molecule has 0 aromatic rings. The number of carbonyl (C=O) groups is 1. The molecule has 1 aliphatic heterocycles. The largest absolute Gasteiger partial charge is 0.465 e.